The fraction of sp³-hybridized carbons (Fsp3) is 0.429. The summed E-state index contributed by atoms with van der Waals surface area (Å²) in [6.45, 7) is 1.03. The summed E-state index contributed by atoms with van der Waals surface area (Å²) in [5.41, 5.74) is 0.968. The van der Waals surface area contributed by atoms with Gasteiger partial charge in [-0.2, -0.15) is 5.10 Å². The Labute approximate surface area is 111 Å². The highest BCUT2D eigenvalue weighted by Gasteiger charge is 2.28. The lowest BCUT2D eigenvalue weighted by atomic mass is 10.2. The first kappa shape index (κ1) is 12.2. The molecule has 2 heterocycles. The van der Waals surface area contributed by atoms with Crippen LogP contribution < -0.4 is 0 Å². The molecular weight excluding hydrogens is 242 g/mol. The minimum absolute atomic E-state index is 0.0191. The van der Waals surface area contributed by atoms with Gasteiger partial charge in [-0.3, -0.25) is 9.48 Å². The Morgan fingerprint density at radius 3 is 3.11 bits per heavy atom. The molecule has 0 spiro atoms. The van der Waals surface area contributed by atoms with E-state index in [9.17, 15) is 9.90 Å². The fourth-order valence-corrected chi connectivity index (χ4v) is 2.72. The van der Waals surface area contributed by atoms with Gasteiger partial charge in [-0.15, -0.1) is 0 Å². The number of aliphatic hydroxyl groups is 1. The molecule has 5 heteroatoms. The summed E-state index contributed by atoms with van der Waals surface area (Å²) >= 11 is 0. The summed E-state index contributed by atoms with van der Waals surface area (Å²) in [6.07, 6.45) is 3.63. The van der Waals surface area contributed by atoms with E-state index in [1.54, 1.807) is 15.8 Å². The number of para-hydroxylation sites is 1. The second-order valence-corrected chi connectivity index (χ2v) is 4.93. The fourth-order valence-electron chi connectivity index (χ4n) is 2.72. The molecule has 2 aromatic rings. The third-order valence-electron chi connectivity index (χ3n) is 3.74. The average molecular weight is 259 g/mol. The number of carbonyl (C=O) groups excluding carboxylic acids is 1. The SMILES string of the molecule is O=C(Cn1ncc2ccccc21)N1CCC[C@@H]1CO. The van der Waals surface area contributed by atoms with Crippen molar-refractivity contribution in [3.63, 3.8) is 0 Å². The zero-order valence-corrected chi connectivity index (χ0v) is 10.7. The lowest BCUT2D eigenvalue weighted by Crippen LogP contribution is -2.39. The van der Waals surface area contributed by atoms with Gasteiger partial charge in [-0.25, -0.2) is 0 Å². The van der Waals surface area contributed by atoms with Gasteiger partial charge in [0.1, 0.15) is 6.54 Å². The molecular formula is C14H17N3O2. The zero-order chi connectivity index (χ0) is 13.2. The van der Waals surface area contributed by atoms with E-state index in [2.05, 4.69) is 5.10 Å². The number of amides is 1. The normalized spacial score (nSPS) is 19.2. The van der Waals surface area contributed by atoms with Crippen LogP contribution in [0.2, 0.25) is 0 Å². The molecule has 1 fully saturated rings. The quantitative estimate of drug-likeness (QED) is 0.895. The number of fused-ring (bicyclic) bond motifs is 1. The van der Waals surface area contributed by atoms with E-state index >= 15 is 0 Å². The molecule has 19 heavy (non-hydrogen) atoms. The summed E-state index contributed by atoms with van der Waals surface area (Å²) in [5.74, 6) is 0.0328. The summed E-state index contributed by atoms with van der Waals surface area (Å²) in [6, 6.07) is 7.82. The molecule has 1 atom stereocenters. The Balaban J connectivity index is 1.79. The summed E-state index contributed by atoms with van der Waals surface area (Å²) < 4.78 is 1.73. The molecule has 1 aromatic carbocycles. The lowest BCUT2D eigenvalue weighted by Gasteiger charge is -2.23. The minimum Gasteiger partial charge on any atom is -0.394 e. The topological polar surface area (TPSA) is 58.4 Å². The van der Waals surface area contributed by atoms with Gasteiger partial charge in [0.15, 0.2) is 0 Å². The molecule has 1 amide bonds. The van der Waals surface area contributed by atoms with Gasteiger partial charge in [-0.1, -0.05) is 18.2 Å². The maximum absolute atomic E-state index is 12.3. The first-order valence-corrected chi connectivity index (χ1v) is 6.60. The van der Waals surface area contributed by atoms with Gasteiger partial charge < -0.3 is 10.0 Å². The van der Waals surface area contributed by atoms with Gasteiger partial charge in [0.2, 0.25) is 5.91 Å². The van der Waals surface area contributed by atoms with Gasteiger partial charge in [-0.05, 0) is 18.9 Å². The van der Waals surface area contributed by atoms with Crippen molar-refractivity contribution in [3.8, 4) is 0 Å². The van der Waals surface area contributed by atoms with Crippen molar-refractivity contribution in [2.45, 2.75) is 25.4 Å². The minimum atomic E-state index is -0.0191. The van der Waals surface area contributed by atoms with Crippen LogP contribution in [0.15, 0.2) is 30.5 Å². The van der Waals surface area contributed by atoms with E-state index in [4.69, 9.17) is 0 Å². The zero-order valence-electron chi connectivity index (χ0n) is 10.7. The number of carbonyl (C=O) groups is 1. The van der Waals surface area contributed by atoms with E-state index < -0.39 is 0 Å². The number of hydrogen-bond donors (Lipinski definition) is 1. The van der Waals surface area contributed by atoms with Crippen LogP contribution >= 0.6 is 0 Å². The van der Waals surface area contributed by atoms with Gasteiger partial charge >= 0.3 is 0 Å². The Morgan fingerprint density at radius 2 is 2.26 bits per heavy atom. The molecule has 1 N–H and O–H groups in total. The largest absolute Gasteiger partial charge is 0.394 e. The second kappa shape index (κ2) is 5.01. The number of benzene rings is 1. The molecule has 0 radical (unpaired) electrons. The lowest BCUT2D eigenvalue weighted by molar-refractivity contribution is -0.133. The number of hydrogen-bond acceptors (Lipinski definition) is 3. The summed E-state index contributed by atoms with van der Waals surface area (Å²) in [5, 5.41) is 14.6. The molecule has 0 bridgehead atoms. The van der Waals surface area contributed by atoms with Crippen LogP contribution in [-0.4, -0.2) is 44.9 Å². The van der Waals surface area contributed by atoms with Crippen LogP contribution in [0.1, 0.15) is 12.8 Å². The number of aromatic nitrogens is 2. The molecule has 3 rings (SSSR count). The van der Waals surface area contributed by atoms with Crippen LogP contribution in [0.4, 0.5) is 0 Å². The van der Waals surface area contributed by atoms with Gasteiger partial charge in [0.25, 0.3) is 0 Å². The van der Waals surface area contributed by atoms with E-state index in [-0.39, 0.29) is 25.1 Å². The highest BCUT2D eigenvalue weighted by Crippen LogP contribution is 2.18. The van der Waals surface area contributed by atoms with E-state index in [0.29, 0.717) is 0 Å². The molecule has 1 aliphatic heterocycles. The maximum Gasteiger partial charge on any atom is 0.244 e. The van der Waals surface area contributed by atoms with E-state index in [0.717, 1.165) is 30.3 Å². The highest BCUT2D eigenvalue weighted by atomic mass is 16.3. The molecule has 0 aliphatic carbocycles. The Bertz CT molecular complexity index is 593. The van der Waals surface area contributed by atoms with Crippen molar-refractivity contribution in [3.05, 3.63) is 30.5 Å². The van der Waals surface area contributed by atoms with Crippen LogP contribution in [0, 0.1) is 0 Å². The second-order valence-electron chi connectivity index (χ2n) is 4.93. The number of aliphatic hydroxyl groups excluding tert-OH is 1. The molecule has 1 aromatic heterocycles. The maximum atomic E-state index is 12.3. The van der Waals surface area contributed by atoms with Crippen molar-refractivity contribution >= 4 is 16.8 Å². The van der Waals surface area contributed by atoms with Crippen molar-refractivity contribution in [1.29, 1.82) is 0 Å². The molecule has 1 aliphatic rings. The van der Waals surface area contributed by atoms with Crippen molar-refractivity contribution < 1.29 is 9.90 Å². The summed E-state index contributed by atoms with van der Waals surface area (Å²) in [4.78, 5) is 14.1. The summed E-state index contributed by atoms with van der Waals surface area (Å²) in [7, 11) is 0. The third kappa shape index (κ3) is 2.21. The number of nitrogens with zero attached hydrogens (tertiary/aromatic N) is 3. The van der Waals surface area contributed by atoms with E-state index in [1.807, 2.05) is 24.3 Å². The molecule has 0 saturated carbocycles. The number of likely N-dealkylation sites (tertiary alicyclic amines) is 1. The Morgan fingerprint density at radius 1 is 1.42 bits per heavy atom. The Kier molecular flexibility index (Phi) is 3.21. The van der Waals surface area contributed by atoms with Crippen LogP contribution in [0.5, 0.6) is 0 Å². The van der Waals surface area contributed by atoms with Gasteiger partial charge in [0.05, 0.1) is 24.4 Å². The number of rotatable bonds is 3. The molecule has 5 nitrogen and oxygen atoms in total. The van der Waals surface area contributed by atoms with Crippen molar-refractivity contribution in [1.82, 2.24) is 14.7 Å². The van der Waals surface area contributed by atoms with Crippen molar-refractivity contribution in [2.24, 2.45) is 0 Å². The average Bonchev–Trinajstić information content (AvgIpc) is 3.05. The van der Waals surface area contributed by atoms with Crippen molar-refractivity contribution in [2.75, 3.05) is 13.2 Å². The highest BCUT2D eigenvalue weighted by molar-refractivity contribution is 5.82. The molecule has 1 saturated heterocycles. The third-order valence-corrected chi connectivity index (χ3v) is 3.74. The van der Waals surface area contributed by atoms with Crippen LogP contribution in [0.3, 0.4) is 0 Å². The van der Waals surface area contributed by atoms with Crippen LogP contribution in [-0.2, 0) is 11.3 Å². The first-order chi connectivity index (χ1) is 9.29. The van der Waals surface area contributed by atoms with Gasteiger partial charge in [0, 0.05) is 11.9 Å². The Hall–Kier alpha value is -1.88. The molecule has 100 valence electrons. The van der Waals surface area contributed by atoms with Crippen LogP contribution in [0.25, 0.3) is 10.9 Å². The first-order valence-electron chi connectivity index (χ1n) is 6.60. The predicted octanol–water partition coefficient (Wildman–Crippen LogP) is 1.02. The smallest absolute Gasteiger partial charge is 0.244 e. The van der Waals surface area contributed by atoms with E-state index in [1.165, 1.54) is 0 Å². The molecule has 0 unspecified atom stereocenters. The monoisotopic (exact) mass is 259 g/mol. The predicted molar refractivity (Wildman–Crippen MR) is 71.6 cm³/mol. The standard InChI is InChI=1S/C14H17N3O2/c18-10-12-5-3-7-16(12)14(19)9-17-13-6-2-1-4-11(13)8-15-17/h1-2,4,6,8,12,18H,3,5,7,9-10H2/t12-/m1/s1.